The number of aromatic nitrogens is 1. The number of hydrogen-bond donors (Lipinski definition) is 0. The maximum Gasteiger partial charge on any atom is 0.398 e. The number of alkyl halides is 3. The van der Waals surface area contributed by atoms with Gasteiger partial charge < -0.3 is 14.0 Å². The highest BCUT2D eigenvalue weighted by Gasteiger charge is 2.56. The van der Waals surface area contributed by atoms with Gasteiger partial charge in [0.25, 0.3) is 0 Å². The van der Waals surface area contributed by atoms with Crippen LogP contribution >= 0.6 is 11.6 Å². The minimum atomic E-state index is -4.70. The molecule has 36 heavy (non-hydrogen) atoms. The van der Waals surface area contributed by atoms with Gasteiger partial charge in [-0.15, -0.1) is 0 Å². The summed E-state index contributed by atoms with van der Waals surface area (Å²) in [6, 6.07) is 9.92. The van der Waals surface area contributed by atoms with E-state index in [9.17, 15) is 27.2 Å². The van der Waals surface area contributed by atoms with Gasteiger partial charge in [-0.1, -0.05) is 24.6 Å². The fourth-order valence-corrected chi connectivity index (χ4v) is 4.14. The monoisotopic (exact) mass is 525 g/mol. The van der Waals surface area contributed by atoms with Crippen LogP contribution in [0.5, 0.6) is 11.5 Å². The number of carbonyl (C=O) groups excluding carboxylic acids is 1. The summed E-state index contributed by atoms with van der Waals surface area (Å²) in [5.41, 5.74) is -3.14. The third-order valence-corrected chi connectivity index (χ3v) is 6.59. The Kier molecular flexibility index (Phi) is 7.83. The van der Waals surface area contributed by atoms with Crippen molar-refractivity contribution in [3.05, 3.63) is 92.6 Å². The predicted molar refractivity (Wildman–Crippen MR) is 127 cm³/mol. The highest BCUT2D eigenvalue weighted by atomic mass is 35.5. The molecule has 5 nitrogen and oxygen atoms in total. The molecule has 0 unspecified atom stereocenters. The molecule has 0 spiro atoms. The molecule has 192 valence electrons. The van der Waals surface area contributed by atoms with E-state index in [0.29, 0.717) is 0 Å². The van der Waals surface area contributed by atoms with Crippen molar-refractivity contribution < 1.29 is 31.8 Å². The van der Waals surface area contributed by atoms with Gasteiger partial charge in [-0.25, -0.2) is 9.18 Å². The third-order valence-electron chi connectivity index (χ3n) is 6.24. The molecule has 2 aromatic carbocycles. The van der Waals surface area contributed by atoms with E-state index in [4.69, 9.17) is 21.1 Å². The number of benzene rings is 2. The number of rotatable bonds is 7. The van der Waals surface area contributed by atoms with Crippen molar-refractivity contribution in [3.8, 4) is 11.5 Å². The van der Waals surface area contributed by atoms with Crippen LogP contribution in [0.3, 0.4) is 0 Å². The first-order valence-electron chi connectivity index (χ1n) is 11.0. The van der Waals surface area contributed by atoms with Crippen LogP contribution < -0.4 is 10.3 Å². The minimum absolute atomic E-state index is 0.0509. The van der Waals surface area contributed by atoms with Crippen molar-refractivity contribution in [2.75, 3.05) is 6.61 Å². The molecule has 1 aromatic heterocycles. The molecule has 0 aliphatic carbocycles. The van der Waals surface area contributed by atoms with Crippen molar-refractivity contribution in [3.63, 3.8) is 0 Å². The molecule has 0 fully saturated rings. The number of halogens is 5. The second-order valence-corrected chi connectivity index (χ2v) is 8.84. The van der Waals surface area contributed by atoms with Gasteiger partial charge in [-0.2, -0.15) is 13.2 Å². The van der Waals surface area contributed by atoms with E-state index < -0.39 is 34.9 Å². The first kappa shape index (κ1) is 27.3. The van der Waals surface area contributed by atoms with E-state index in [0.717, 1.165) is 42.0 Å². The fourth-order valence-electron chi connectivity index (χ4n) is 3.86. The van der Waals surface area contributed by atoms with E-state index in [1.165, 1.54) is 38.2 Å². The van der Waals surface area contributed by atoms with E-state index >= 15 is 0 Å². The lowest BCUT2D eigenvalue weighted by molar-refractivity contribution is -0.191. The number of nitrogens with zero attached hydrogens (tertiary/aromatic N) is 1. The van der Waals surface area contributed by atoms with Gasteiger partial charge in [0.2, 0.25) is 5.56 Å². The zero-order chi connectivity index (χ0) is 26.8. The number of aryl methyl sites for hydroxylation is 1. The summed E-state index contributed by atoms with van der Waals surface area (Å²) in [4.78, 5) is 23.8. The van der Waals surface area contributed by atoms with Gasteiger partial charge in [-0.05, 0) is 61.4 Å². The highest BCUT2D eigenvalue weighted by Crippen LogP contribution is 2.51. The van der Waals surface area contributed by atoms with Crippen molar-refractivity contribution in [1.29, 1.82) is 0 Å². The minimum Gasteiger partial charge on any atom is -0.462 e. The normalized spacial score (nSPS) is 14.1. The van der Waals surface area contributed by atoms with Crippen LogP contribution in [0.15, 0.2) is 59.5 Å². The van der Waals surface area contributed by atoms with Gasteiger partial charge in [0.15, 0.2) is 0 Å². The summed E-state index contributed by atoms with van der Waals surface area (Å²) in [5, 5.41) is 0.0847. The molecule has 3 rings (SSSR count). The lowest BCUT2D eigenvalue weighted by atomic mass is 9.69. The van der Waals surface area contributed by atoms with Gasteiger partial charge >= 0.3 is 12.1 Å². The Hall–Kier alpha value is -3.33. The SMILES string of the molecule is CCOC(=O)c1cc(Oc2ccc(Cl)c([C@H](C)[C@](C)(c3ccc(=O)n(C)c3)C(F)(F)F)c2)ccc1F. The number of hydrogen-bond acceptors (Lipinski definition) is 4. The molecular weight excluding hydrogens is 502 g/mol. The van der Waals surface area contributed by atoms with Crippen LogP contribution in [-0.2, 0) is 17.2 Å². The van der Waals surface area contributed by atoms with Crippen LogP contribution in [0, 0.1) is 5.82 Å². The van der Waals surface area contributed by atoms with Gasteiger partial charge in [0, 0.05) is 30.3 Å². The number of pyridine rings is 1. The average molecular weight is 526 g/mol. The van der Waals surface area contributed by atoms with Gasteiger partial charge in [0.1, 0.15) is 17.3 Å². The second kappa shape index (κ2) is 10.3. The Morgan fingerprint density at radius 3 is 2.33 bits per heavy atom. The van der Waals surface area contributed by atoms with Crippen molar-refractivity contribution in [2.45, 2.75) is 38.3 Å². The Labute approximate surface area is 210 Å². The topological polar surface area (TPSA) is 57.5 Å². The zero-order valence-electron chi connectivity index (χ0n) is 20.0. The van der Waals surface area contributed by atoms with Crippen molar-refractivity contribution in [1.82, 2.24) is 4.57 Å². The maximum atomic E-state index is 14.5. The predicted octanol–water partition coefficient (Wildman–Crippen LogP) is 6.77. The molecule has 0 radical (unpaired) electrons. The largest absolute Gasteiger partial charge is 0.462 e. The number of carbonyl (C=O) groups is 1. The molecule has 0 saturated carbocycles. The summed E-state index contributed by atoms with van der Waals surface area (Å²) in [6.45, 7) is 4.07. The molecule has 2 atom stereocenters. The van der Waals surface area contributed by atoms with Crippen LogP contribution in [-0.4, -0.2) is 23.3 Å². The first-order chi connectivity index (χ1) is 16.8. The van der Waals surface area contributed by atoms with Crippen molar-refractivity contribution in [2.24, 2.45) is 7.05 Å². The molecule has 0 amide bonds. The third kappa shape index (κ3) is 5.26. The molecule has 0 N–H and O–H groups in total. The molecule has 10 heteroatoms. The standard InChI is InChI=1S/C26H24ClF4NO4/c1-5-35-24(34)20-13-18(8-10-22(20)28)36-17-7-9-21(27)19(12-17)15(2)25(3,26(29,30)31)16-6-11-23(33)32(4)14-16/h6-15H,5H2,1-4H3/t15-,25+/m0/s1. The summed E-state index contributed by atoms with van der Waals surface area (Å²) in [7, 11) is 1.38. The first-order valence-corrected chi connectivity index (χ1v) is 11.3. The van der Waals surface area contributed by atoms with Gasteiger partial charge in [-0.3, -0.25) is 4.79 Å². The van der Waals surface area contributed by atoms with Crippen LogP contribution in [0.25, 0.3) is 0 Å². The summed E-state index contributed by atoms with van der Waals surface area (Å²) in [5.74, 6) is -2.66. The van der Waals surface area contributed by atoms with Crippen LogP contribution in [0.1, 0.15) is 48.2 Å². The number of ether oxygens (including phenoxy) is 2. The summed E-state index contributed by atoms with van der Waals surface area (Å²) < 4.78 is 69.3. The summed E-state index contributed by atoms with van der Waals surface area (Å²) >= 11 is 6.33. The van der Waals surface area contributed by atoms with E-state index in [-0.39, 0.29) is 39.8 Å². The van der Waals surface area contributed by atoms with E-state index in [1.807, 2.05) is 0 Å². The van der Waals surface area contributed by atoms with Crippen molar-refractivity contribution >= 4 is 17.6 Å². The average Bonchev–Trinajstić information content (AvgIpc) is 2.81. The lowest BCUT2D eigenvalue weighted by Crippen LogP contribution is -2.44. The molecule has 0 aliphatic heterocycles. The van der Waals surface area contributed by atoms with Crippen LogP contribution in [0.2, 0.25) is 5.02 Å². The van der Waals surface area contributed by atoms with E-state index in [2.05, 4.69) is 0 Å². The van der Waals surface area contributed by atoms with Crippen LogP contribution in [0.4, 0.5) is 17.6 Å². The van der Waals surface area contributed by atoms with Gasteiger partial charge in [0.05, 0.1) is 17.6 Å². The zero-order valence-corrected chi connectivity index (χ0v) is 20.7. The smallest absolute Gasteiger partial charge is 0.398 e. The molecule has 1 heterocycles. The number of esters is 1. The lowest BCUT2D eigenvalue weighted by Gasteiger charge is -2.38. The molecule has 3 aromatic rings. The Morgan fingerprint density at radius 2 is 1.72 bits per heavy atom. The quantitative estimate of drug-likeness (QED) is 0.252. The molecule has 0 saturated heterocycles. The van der Waals surface area contributed by atoms with E-state index in [1.54, 1.807) is 6.92 Å². The Balaban J connectivity index is 2.03. The molecular formula is C26H24ClF4NO4. The fraction of sp³-hybridized carbons (Fsp3) is 0.308. The Bertz CT molecular complexity index is 1340. The highest BCUT2D eigenvalue weighted by molar-refractivity contribution is 6.31. The Morgan fingerprint density at radius 1 is 1.08 bits per heavy atom. The molecule has 0 bridgehead atoms. The summed E-state index contributed by atoms with van der Waals surface area (Å²) in [6.07, 6.45) is -3.54. The molecule has 0 aliphatic rings. The second-order valence-electron chi connectivity index (χ2n) is 8.44. The maximum absolute atomic E-state index is 14.5.